The lowest BCUT2D eigenvalue weighted by Crippen LogP contribution is -1.99. The van der Waals surface area contributed by atoms with Crippen molar-refractivity contribution in [1.29, 1.82) is 5.26 Å². The van der Waals surface area contributed by atoms with Crippen LogP contribution in [0.1, 0.15) is 11.3 Å². The number of rotatable bonds is 2. The Hall–Kier alpha value is -1.32. The van der Waals surface area contributed by atoms with Gasteiger partial charge in [0.05, 0.1) is 16.3 Å². The molecule has 1 aromatic heterocycles. The molecule has 3 nitrogen and oxygen atoms in total. The molecule has 5 heteroatoms. The molecule has 0 aliphatic carbocycles. The van der Waals surface area contributed by atoms with Gasteiger partial charge in [0.15, 0.2) is 0 Å². The summed E-state index contributed by atoms with van der Waals surface area (Å²) in [4.78, 5) is 4.31. The van der Waals surface area contributed by atoms with Crippen LogP contribution in [-0.4, -0.2) is 4.98 Å². The van der Waals surface area contributed by atoms with Crippen LogP contribution in [0, 0.1) is 21.8 Å². The van der Waals surface area contributed by atoms with Crippen LogP contribution in [0.25, 0.3) is 0 Å². The van der Waals surface area contributed by atoms with Gasteiger partial charge in [0.1, 0.15) is 11.9 Å². The largest absolute Gasteiger partial charge is 0.338 e. The first kappa shape index (κ1) is 13.1. The fourth-order valence-corrected chi connectivity index (χ4v) is 2.36. The third-order valence-electron chi connectivity index (χ3n) is 2.34. The van der Waals surface area contributed by atoms with Gasteiger partial charge in [-0.15, -0.1) is 0 Å². The van der Waals surface area contributed by atoms with Gasteiger partial charge in [-0.05, 0) is 59.8 Å². The Morgan fingerprint density at radius 3 is 2.78 bits per heavy atom. The summed E-state index contributed by atoms with van der Waals surface area (Å²) in [5.41, 5.74) is 2.08. The quantitative estimate of drug-likeness (QED) is 0.805. The van der Waals surface area contributed by atoms with Crippen LogP contribution in [0.2, 0.25) is 5.02 Å². The molecule has 0 unspecified atom stereocenters. The summed E-state index contributed by atoms with van der Waals surface area (Å²) in [7, 11) is 0. The lowest BCUT2D eigenvalue weighted by molar-refractivity contribution is 1.19. The predicted octanol–water partition coefficient (Wildman–Crippen LogP) is 4.26. The second-order valence-corrected chi connectivity index (χ2v) is 5.36. The van der Waals surface area contributed by atoms with E-state index in [0.29, 0.717) is 16.4 Å². The van der Waals surface area contributed by atoms with E-state index in [1.54, 1.807) is 12.1 Å². The maximum Gasteiger partial charge on any atom is 0.148 e. The Balaban J connectivity index is 2.40. The summed E-state index contributed by atoms with van der Waals surface area (Å²) in [6.45, 7) is 1.88. The summed E-state index contributed by atoms with van der Waals surface area (Å²) in [5, 5.41) is 12.7. The van der Waals surface area contributed by atoms with E-state index in [2.05, 4.69) is 39.0 Å². The summed E-state index contributed by atoms with van der Waals surface area (Å²) < 4.78 is 1.06. The van der Waals surface area contributed by atoms with Gasteiger partial charge in [0.2, 0.25) is 0 Å². The first-order valence-electron chi connectivity index (χ1n) is 5.20. The Kier molecular flexibility index (Phi) is 4.04. The standard InChI is InChI=1S/C13H9ClIN3/c1-8-2-3-9(7-16)13(17-8)18-12-5-4-10(15)6-11(12)14/h2-6H,1H3,(H,17,18). The van der Waals surface area contributed by atoms with Crippen molar-refractivity contribution in [2.75, 3.05) is 5.32 Å². The van der Waals surface area contributed by atoms with Crippen molar-refractivity contribution < 1.29 is 0 Å². The van der Waals surface area contributed by atoms with E-state index < -0.39 is 0 Å². The smallest absolute Gasteiger partial charge is 0.148 e. The van der Waals surface area contributed by atoms with Crippen molar-refractivity contribution in [1.82, 2.24) is 4.98 Å². The van der Waals surface area contributed by atoms with Crippen LogP contribution in [0.4, 0.5) is 11.5 Å². The highest BCUT2D eigenvalue weighted by atomic mass is 127. The highest BCUT2D eigenvalue weighted by Crippen LogP contribution is 2.27. The van der Waals surface area contributed by atoms with Crippen LogP contribution in [0.15, 0.2) is 30.3 Å². The van der Waals surface area contributed by atoms with Gasteiger partial charge in [-0.3, -0.25) is 0 Å². The van der Waals surface area contributed by atoms with E-state index in [1.807, 2.05) is 25.1 Å². The van der Waals surface area contributed by atoms with Gasteiger partial charge >= 0.3 is 0 Å². The number of pyridine rings is 1. The number of nitrogens with one attached hydrogen (secondary N) is 1. The molecule has 0 radical (unpaired) electrons. The highest BCUT2D eigenvalue weighted by Gasteiger charge is 2.07. The monoisotopic (exact) mass is 369 g/mol. The molecule has 18 heavy (non-hydrogen) atoms. The molecule has 0 saturated carbocycles. The molecule has 0 amide bonds. The highest BCUT2D eigenvalue weighted by molar-refractivity contribution is 14.1. The Morgan fingerprint density at radius 1 is 1.33 bits per heavy atom. The van der Waals surface area contributed by atoms with Crippen molar-refractivity contribution in [3.8, 4) is 6.07 Å². The number of halogens is 2. The van der Waals surface area contributed by atoms with Crippen molar-refractivity contribution in [3.05, 3.63) is 50.2 Å². The van der Waals surface area contributed by atoms with E-state index in [9.17, 15) is 0 Å². The topological polar surface area (TPSA) is 48.7 Å². The third kappa shape index (κ3) is 2.92. The molecule has 0 bridgehead atoms. The van der Waals surface area contributed by atoms with Crippen molar-refractivity contribution in [2.24, 2.45) is 0 Å². The van der Waals surface area contributed by atoms with E-state index in [-0.39, 0.29) is 0 Å². The fraction of sp³-hybridized carbons (Fsp3) is 0.0769. The average Bonchev–Trinajstić information content (AvgIpc) is 2.33. The molecule has 1 aromatic carbocycles. The molecule has 0 aliphatic heterocycles. The number of hydrogen-bond acceptors (Lipinski definition) is 3. The van der Waals surface area contributed by atoms with Gasteiger partial charge < -0.3 is 5.32 Å². The summed E-state index contributed by atoms with van der Waals surface area (Å²) >= 11 is 8.33. The van der Waals surface area contributed by atoms with E-state index >= 15 is 0 Å². The van der Waals surface area contributed by atoms with Crippen LogP contribution in [0.3, 0.4) is 0 Å². The second-order valence-electron chi connectivity index (χ2n) is 3.71. The number of anilines is 2. The van der Waals surface area contributed by atoms with Gasteiger partial charge in [-0.2, -0.15) is 5.26 Å². The van der Waals surface area contributed by atoms with Crippen LogP contribution in [-0.2, 0) is 0 Å². The predicted molar refractivity (Wildman–Crippen MR) is 81.1 cm³/mol. The lowest BCUT2D eigenvalue weighted by Gasteiger charge is -2.09. The lowest BCUT2D eigenvalue weighted by atomic mass is 10.2. The molecule has 2 aromatic rings. The van der Waals surface area contributed by atoms with E-state index in [0.717, 1.165) is 15.0 Å². The van der Waals surface area contributed by atoms with Crippen LogP contribution < -0.4 is 5.32 Å². The van der Waals surface area contributed by atoms with Gasteiger partial charge in [0.25, 0.3) is 0 Å². The molecule has 1 heterocycles. The Bertz CT molecular complexity index is 635. The number of hydrogen-bond donors (Lipinski definition) is 1. The molecule has 90 valence electrons. The Morgan fingerprint density at radius 2 is 2.11 bits per heavy atom. The summed E-state index contributed by atoms with van der Waals surface area (Å²) in [6, 6.07) is 11.3. The fourth-order valence-electron chi connectivity index (χ4n) is 1.46. The van der Waals surface area contributed by atoms with Gasteiger partial charge in [-0.25, -0.2) is 4.98 Å². The number of aromatic nitrogens is 1. The molecular formula is C13H9ClIN3. The minimum atomic E-state index is 0.496. The maximum absolute atomic E-state index is 9.04. The molecule has 0 atom stereocenters. The summed E-state index contributed by atoms with van der Waals surface area (Å²) in [6.07, 6.45) is 0. The van der Waals surface area contributed by atoms with Crippen molar-refractivity contribution in [3.63, 3.8) is 0 Å². The van der Waals surface area contributed by atoms with Crippen LogP contribution in [0.5, 0.6) is 0 Å². The number of benzene rings is 1. The minimum Gasteiger partial charge on any atom is -0.338 e. The molecule has 0 fully saturated rings. The normalized spacial score (nSPS) is 9.89. The number of aryl methyl sites for hydroxylation is 1. The minimum absolute atomic E-state index is 0.496. The molecule has 0 saturated heterocycles. The zero-order chi connectivity index (χ0) is 13.1. The molecule has 0 aliphatic rings. The molecular weight excluding hydrogens is 361 g/mol. The molecule has 2 rings (SSSR count). The molecule has 0 spiro atoms. The van der Waals surface area contributed by atoms with Crippen molar-refractivity contribution >= 4 is 45.7 Å². The molecule has 1 N–H and O–H groups in total. The first-order chi connectivity index (χ1) is 8.60. The average molecular weight is 370 g/mol. The van der Waals surface area contributed by atoms with E-state index in [4.69, 9.17) is 16.9 Å². The van der Waals surface area contributed by atoms with Crippen LogP contribution >= 0.6 is 34.2 Å². The van der Waals surface area contributed by atoms with Crippen molar-refractivity contribution in [2.45, 2.75) is 6.92 Å². The number of nitriles is 1. The zero-order valence-corrected chi connectivity index (χ0v) is 12.5. The second kappa shape index (κ2) is 5.55. The number of nitrogens with zero attached hydrogens (tertiary/aromatic N) is 2. The Labute approximate surface area is 124 Å². The SMILES string of the molecule is Cc1ccc(C#N)c(Nc2ccc(I)cc2Cl)n1. The first-order valence-corrected chi connectivity index (χ1v) is 6.65. The third-order valence-corrected chi connectivity index (χ3v) is 3.32. The summed E-state index contributed by atoms with van der Waals surface area (Å²) in [5.74, 6) is 0.528. The van der Waals surface area contributed by atoms with Gasteiger partial charge in [0, 0.05) is 9.26 Å². The maximum atomic E-state index is 9.04. The van der Waals surface area contributed by atoms with E-state index in [1.165, 1.54) is 0 Å². The zero-order valence-electron chi connectivity index (χ0n) is 9.54. The van der Waals surface area contributed by atoms with Gasteiger partial charge in [-0.1, -0.05) is 11.6 Å².